The molecule has 2 atom stereocenters. The molecule has 0 aliphatic carbocycles. The Kier molecular flexibility index (Phi) is 7.42. The van der Waals surface area contributed by atoms with Crippen LogP contribution < -0.4 is 30.0 Å². The fourth-order valence-electron chi connectivity index (χ4n) is 4.51. The molecule has 1 saturated heterocycles. The summed E-state index contributed by atoms with van der Waals surface area (Å²) in [6.45, 7) is 3.59. The highest BCUT2D eigenvalue weighted by atomic mass is 16.7. The monoisotopic (exact) mass is 469 g/mol. The lowest BCUT2D eigenvalue weighted by Crippen LogP contribution is -2.37. The van der Waals surface area contributed by atoms with Gasteiger partial charge in [-0.05, 0) is 42.5 Å². The Bertz CT molecular complexity index is 1040. The quantitative estimate of drug-likeness (QED) is 0.549. The van der Waals surface area contributed by atoms with E-state index < -0.39 is 5.91 Å². The van der Waals surface area contributed by atoms with E-state index in [-0.39, 0.29) is 37.8 Å². The Morgan fingerprint density at radius 3 is 2.76 bits per heavy atom. The molecule has 0 spiro atoms. The Labute approximate surface area is 199 Å². The molecule has 2 aliphatic rings. The molecule has 9 nitrogen and oxygen atoms in total. The lowest BCUT2D eigenvalue weighted by Gasteiger charge is -2.26. The molecule has 0 radical (unpaired) electrons. The Hall–Kier alpha value is -3.46. The second-order valence-corrected chi connectivity index (χ2v) is 8.50. The van der Waals surface area contributed by atoms with Gasteiger partial charge in [-0.1, -0.05) is 19.1 Å². The van der Waals surface area contributed by atoms with Crippen LogP contribution in [0.4, 0.5) is 0 Å². The van der Waals surface area contributed by atoms with Crippen LogP contribution in [0.5, 0.6) is 23.0 Å². The second-order valence-electron chi connectivity index (χ2n) is 8.50. The summed E-state index contributed by atoms with van der Waals surface area (Å²) in [7, 11) is 1.57. The average molecular weight is 470 g/mol. The van der Waals surface area contributed by atoms with Crippen LogP contribution in [0.1, 0.15) is 42.9 Å². The van der Waals surface area contributed by atoms with Gasteiger partial charge in [0.25, 0.3) is 5.91 Å². The molecule has 3 N–H and O–H groups in total. The lowest BCUT2D eigenvalue weighted by atomic mass is 9.93. The third-order valence-corrected chi connectivity index (χ3v) is 6.14. The maximum Gasteiger partial charge on any atom is 0.255 e. The summed E-state index contributed by atoms with van der Waals surface area (Å²) in [6.07, 6.45) is 1.64. The van der Waals surface area contributed by atoms with Crippen LogP contribution in [0, 0.1) is 0 Å². The predicted molar refractivity (Wildman–Crippen MR) is 125 cm³/mol. The number of nitrogens with zero attached hydrogens (tertiary/aromatic N) is 1. The predicted octanol–water partition coefficient (Wildman–Crippen LogP) is 2.34. The molecule has 1 fully saturated rings. The first-order valence-corrected chi connectivity index (χ1v) is 11.5. The van der Waals surface area contributed by atoms with Crippen LogP contribution in [0.3, 0.4) is 0 Å². The van der Waals surface area contributed by atoms with Crippen molar-refractivity contribution in [2.75, 3.05) is 40.1 Å². The van der Waals surface area contributed by atoms with Gasteiger partial charge in [0.15, 0.2) is 18.1 Å². The first kappa shape index (κ1) is 23.7. The molecule has 2 heterocycles. The number of methoxy groups -OCH3 is 1. The van der Waals surface area contributed by atoms with E-state index in [1.807, 2.05) is 31.2 Å². The number of hydrogen-bond acceptors (Lipinski definition) is 7. The molecule has 2 amide bonds. The summed E-state index contributed by atoms with van der Waals surface area (Å²) in [5.74, 6) is 2.20. The van der Waals surface area contributed by atoms with E-state index in [4.69, 9.17) is 24.7 Å². The minimum absolute atomic E-state index is 0.0219. The minimum Gasteiger partial charge on any atom is -0.497 e. The van der Waals surface area contributed by atoms with E-state index in [0.717, 1.165) is 35.5 Å². The third kappa shape index (κ3) is 5.36. The number of amides is 2. The van der Waals surface area contributed by atoms with Gasteiger partial charge in [-0.3, -0.25) is 14.5 Å². The van der Waals surface area contributed by atoms with Gasteiger partial charge in [-0.2, -0.15) is 0 Å². The van der Waals surface area contributed by atoms with E-state index in [1.54, 1.807) is 13.2 Å². The van der Waals surface area contributed by atoms with Gasteiger partial charge in [0, 0.05) is 30.8 Å². The molecule has 9 heteroatoms. The molecule has 0 aromatic heterocycles. The van der Waals surface area contributed by atoms with Crippen LogP contribution in [0.25, 0.3) is 0 Å². The minimum atomic E-state index is -0.561. The number of ether oxygens (including phenoxy) is 4. The third-order valence-electron chi connectivity index (χ3n) is 6.14. The van der Waals surface area contributed by atoms with Crippen LogP contribution in [-0.2, 0) is 9.59 Å². The van der Waals surface area contributed by atoms with Gasteiger partial charge in [-0.15, -0.1) is 0 Å². The molecule has 2 aromatic carbocycles. The number of benzene rings is 2. The lowest BCUT2D eigenvalue weighted by molar-refractivity contribution is -0.122. The molecule has 2 aromatic rings. The van der Waals surface area contributed by atoms with E-state index in [1.165, 1.54) is 0 Å². The molecular formula is C25H31N3O6. The van der Waals surface area contributed by atoms with Crippen molar-refractivity contribution in [1.82, 2.24) is 10.2 Å². The number of nitrogens with one attached hydrogen (secondary N) is 1. The Morgan fingerprint density at radius 2 is 2.00 bits per heavy atom. The molecule has 4 rings (SSSR count). The largest absolute Gasteiger partial charge is 0.497 e. The summed E-state index contributed by atoms with van der Waals surface area (Å²) >= 11 is 0. The fraction of sp³-hybridized carbons (Fsp3) is 0.440. The SMILES string of the molecule is CCCNC(=O)CN1C[C@@H](c2ccc3c(c2)OCO3)C[C@@H]1c1ccc(OC)cc1OCC(N)=O. The number of primary amides is 1. The first-order valence-electron chi connectivity index (χ1n) is 11.5. The highest BCUT2D eigenvalue weighted by Crippen LogP contribution is 2.45. The first-order chi connectivity index (χ1) is 16.5. The summed E-state index contributed by atoms with van der Waals surface area (Å²) in [4.78, 5) is 26.2. The van der Waals surface area contributed by atoms with Crippen molar-refractivity contribution in [2.24, 2.45) is 5.73 Å². The van der Waals surface area contributed by atoms with Gasteiger partial charge >= 0.3 is 0 Å². The van der Waals surface area contributed by atoms with Crippen LogP contribution >= 0.6 is 0 Å². The Balaban J connectivity index is 1.63. The van der Waals surface area contributed by atoms with Crippen LogP contribution in [-0.4, -0.2) is 56.9 Å². The zero-order chi connectivity index (χ0) is 24.1. The fourth-order valence-corrected chi connectivity index (χ4v) is 4.51. The van der Waals surface area contributed by atoms with Crippen LogP contribution in [0.2, 0.25) is 0 Å². The van der Waals surface area contributed by atoms with E-state index >= 15 is 0 Å². The highest BCUT2D eigenvalue weighted by molar-refractivity contribution is 5.78. The highest BCUT2D eigenvalue weighted by Gasteiger charge is 2.37. The number of nitrogens with two attached hydrogens (primary N) is 1. The van der Waals surface area contributed by atoms with Crippen molar-refractivity contribution < 1.29 is 28.5 Å². The van der Waals surface area contributed by atoms with Gasteiger partial charge in [0.05, 0.1) is 13.7 Å². The van der Waals surface area contributed by atoms with E-state index in [2.05, 4.69) is 16.3 Å². The molecule has 2 aliphatic heterocycles. The zero-order valence-electron chi connectivity index (χ0n) is 19.5. The maximum absolute atomic E-state index is 12.6. The van der Waals surface area contributed by atoms with Crippen molar-refractivity contribution in [3.05, 3.63) is 47.5 Å². The molecule has 0 saturated carbocycles. The van der Waals surface area contributed by atoms with Crippen LogP contribution in [0.15, 0.2) is 36.4 Å². The van der Waals surface area contributed by atoms with Gasteiger partial charge in [0.1, 0.15) is 11.5 Å². The number of carbonyl (C=O) groups is 2. The number of likely N-dealkylation sites (tertiary alicyclic amines) is 1. The van der Waals surface area contributed by atoms with Crippen molar-refractivity contribution >= 4 is 11.8 Å². The number of carbonyl (C=O) groups excluding carboxylic acids is 2. The van der Waals surface area contributed by atoms with Gasteiger partial charge in [-0.25, -0.2) is 0 Å². The Morgan fingerprint density at radius 1 is 1.18 bits per heavy atom. The maximum atomic E-state index is 12.6. The topological polar surface area (TPSA) is 112 Å². The molecule has 182 valence electrons. The van der Waals surface area contributed by atoms with Gasteiger partial charge < -0.3 is 30.0 Å². The average Bonchev–Trinajstić information content (AvgIpc) is 3.47. The summed E-state index contributed by atoms with van der Waals surface area (Å²) < 4.78 is 22.1. The number of hydrogen-bond donors (Lipinski definition) is 2. The van der Waals surface area contributed by atoms with Crippen molar-refractivity contribution in [3.8, 4) is 23.0 Å². The smallest absolute Gasteiger partial charge is 0.255 e. The van der Waals surface area contributed by atoms with Crippen molar-refractivity contribution in [2.45, 2.75) is 31.7 Å². The normalized spacial score (nSPS) is 19.1. The molecule has 0 unspecified atom stereocenters. The number of fused-ring (bicyclic) bond motifs is 1. The van der Waals surface area contributed by atoms with Crippen molar-refractivity contribution in [3.63, 3.8) is 0 Å². The van der Waals surface area contributed by atoms with E-state index in [0.29, 0.717) is 24.6 Å². The number of rotatable bonds is 10. The van der Waals surface area contributed by atoms with E-state index in [9.17, 15) is 9.59 Å². The summed E-state index contributed by atoms with van der Waals surface area (Å²) in [5, 5.41) is 2.96. The van der Waals surface area contributed by atoms with Crippen molar-refractivity contribution in [1.29, 1.82) is 0 Å². The summed E-state index contributed by atoms with van der Waals surface area (Å²) in [5.41, 5.74) is 7.32. The van der Waals surface area contributed by atoms with Gasteiger partial charge in [0.2, 0.25) is 12.7 Å². The zero-order valence-corrected chi connectivity index (χ0v) is 19.5. The second kappa shape index (κ2) is 10.6. The molecule has 0 bridgehead atoms. The molecule has 34 heavy (non-hydrogen) atoms. The standard InChI is InChI=1S/C25H31N3O6/c1-3-8-27-25(30)13-28-12-17(16-4-7-21-23(10-16)34-15-33-21)9-20(28)19-6-5-18(31-2)11-22(19)32-14-24(26)29/h4-7,10-11,17,20H,3,8-9,12-15H2,1-2H3,(H2,26,29)(H,27,30)/t17-,20+/m0/s1. The summed E-state index contributed by atoms with van der Waals surface area (Å²) in [6, 6.07) is 11.4. The molecular weight excluding hydrogens is 438 g/mol.